The Labute approximate surface area is 166 Å². The van der Waals surface area contributed by atoms with Crippen LogP contribution in [-0.2, 0) is 17.8 Å². The third kappa shape index (κ3) is 3.91. The van der Waals surface area contributed by atoms with Crippen LogP contribution in [0.5, 0.6) is 5.75 Å². The van der Waals surface area contributed by atoms with E-state index in [4.69, 9.17) is 9.47 Å². The Hall–Kier alpha value is -2.37. The van der Waals surface area contributed by atoms with Gasteiger partial charge in [0.05, 0.1) is 18.8 Å². The zero-order valence-electron chi connectivity index (χ0n) is 16.6. The van der Waals surface area contributed by atoms with Gasteiger partial charge >= 0.3 is 0 Å². The van der Waals surface area contributed by atoms with Gasteiger partial charge in [0.25, 0.3) is 5.91 Å². The van der Waals surface area contributed by atoms with Crippen LogP contribution in [0, 0.1) is 0 Å². The maximum absolute atomic E-state index is 12.9. The first-order valence-corrected chi connectivity index (χ1v) is 10.1. The summed E-state index contributed by atoms with van der Waals surface area (Å²) in [6.07, 6.45) is 0.0956. The predicted molar refractivity (Wildman–Crippen MR) is 109 cm³/mol. The number of amides is 1. The highest BCUT2D eigenvalue weighted by Crippen LogP contribution is 2.40. The molecule has 2 aliphatic heterocycles. The average molecular weight is 380 g/mol. The summed E-state index contributed by atoms with van der Waals surface area (Å²) in [7, 11) is 0. The topological polar surface area (TPSA) is 50.8 Å². The van der Waals surface area contributed by atoms with E-state index in [1.54, 1.807) is 0 Å². The predicted octanol–water partition coefficient (Wildman–Crippen LogP) is 3.33. The van der Waals surface area contributed by atoms with Gasteiger partial charge in [-0.15, -0.1) is 0 Å². The van der Waals surface area contributed by atoms with Crippen molar-refractivity contribution in [3.8, 4) is 5.75 Å². The molecular formula is C23H28N2O3. The fourth-order valence-corrected chi connectivity index (χ4v) is 3.92. The Morgan fingerprint density at radius 2 is 1.82 bits per heavy atom. The number of fused-ring (bicyclic) bond motifs is 1. The number of ether oxygens (including phenoxy) is 2. The van der Waals surface area contributed by atoms with Crippen LogP contribution in [0.2, 0.25) is 0 Å². The average Bonchev–Trinajstić information content (AvgIpc) is 3.02. The minimum Gasteiger partial charge on any atom is -0.489 e. The molecule has 2 atom stereocenters. The summed E-state index contributed by atoms with van der Waals surface area (Å²) in [5.41, 5.74) is 4.14. The molecule has 2 heterocycles. The van der Waals surface area contributed by atoms with E-state index in [1.807, 2.05) is 25.1 Å². The van der Waals surface area contributed by atoms with Crippen LogP contribution >= 0.6 is 0 Å². The molecule has 4 rings (SSSR count). The quantitative estimate of drug-likeness (QED) is 0.864. The number of hydrogen-bond donors (Lipinski definition) is 1. The molecule has 1 amide bonds. The second kappa shape index (κ2) is 8.33. The number of para-hydroxylation sites is 1. The Kier molecular flexibility index (Phi) is 5.64. The van der Waals surface area contributed by atoms with Gasteiger partial charge in [0.1, 0.15) is 11.9 Å². The van der Waals surface area contributed by atoms with Gasteiger partial charge < -0.3 is 14.8 Å². The molecule has 1 saturated heterocycles. The molecule has 2 aromatic carbocycles. The van der Waals surface area contributed by atoms with Crippen LogP contribution in [-0.4, -0.2) is 43.2 Å². The Bertz CT molecular complexity index is 845. The monoisotopic (exact) mass is 380 g/mol. The van der Waals surface area contributed by atoms with Crippen molar-refractivity contribution in [1.29, 1.82) is 0 Å². The molecule has 1 N–H and O–H groups in total. The Balaban J connectivity index is 1.45. The first-order chi connectivity index (χ1) is 13.6. The normalized spacial score (nSPS) is 21.8. The number of carbonyl (C=O) groups is 1. The van der Waals surface area contributed by atoms with E-state index in [-0.39, 0.29) is 12.0 Å². The molecular weight excluding hydrogens is 352 g/mol. The SMILES string of the molecule is C[C@@H]1Oc2c(C(=O)NCc3ccccc3CN3CCOCC3)cccc2[C@@H]1C. The second-order valence-electron chi connectivity index (χ2n) is 7.68. The standard InChI is InChI=1S/C23H28N2O3/c1-16-17(2)28-22-20(16)8-5-9-21(22)23(26)24-14-18-6-3-4-7-19(18)15-25-10-12-27-13-11-25/h3-9,16-17H,10-15H2,1-2H3,(H,24,26)/t16-,17+/m1/s1. The van der Waals surface area contributed by atoms with E-state index in [2.05, 4.69) is 41.4 Å². The van der Waals surface area contributed by atoms with Crippen LogP contribution in [0.3, 0.4) is 0 Å². The number of nitrogens with one attached hydrogen (secondary N) is 1. The van der Waals surface area contributed by atoms with Gasteiger partial charge in [0.15, 0.2) is 0 Å². The van der Waals surface area contributed by atoms with Crippen molar-refractivity contribution in [3.05, 3.63) is 64.7 Å². The van der Waals surface area contributed by atoms with Crippen molar-refractivity contribution in [1.82, 2.24) is 10.2 Å². The van der Waals surface area contributed by atoms with Crippen molar-refractivity contribution in [2.24, 2.45) is 0 Å². The number of hydrogen-bond acceptors (Lipinski definition) is 4. The lowest BCUT2D eigenvalue weighted by Crippen LogP contribution is -2.36. The van der Waals surface area contributed by atoms with E-state index >= 15 is 0 Å². The molecule has 0 bridgehead atoms. The van der Waals surface area contributed by atoms with Gasteiger partial charge in [-0.2, -0.15) is 0 Å². The van der Waals surface area contributed by atoms with Crippen molar-refractivity contribution in [2.45, 2.75) is 39.0 Å². The van der Waals surface area contributed by atoms with Crippen LogP contribution in [0.15, 0.2) is 42.5 Å². The first-order valence-electron chi connectivity index (χ1n) is 10.1. The Morgan fingerprint density at radius 3 is 2.61 bits per heavy atom. The lowest BCUT2D eigenvalue weighted by molar-refractivity contribution is 0.0340. The van der Waals surface area contributed by atoms with Gasteiger partial charge in [-0.25, -0.2) is 0 Å². The van der Waals surface area contributed by atoms with Gasteiger partial charge in [-0.05, 0) is 24.1 Å². The van der Waals surface area contributed by atoms with E-state index < -0.39 is 0 Å². The molecule has 5 nitrogen and oxygen atoms in total. The minimum atomic E-state index is -0.0840. The summed E-state index contributed by atoms with van der Waals surface area (Å²) in [6.45, 7) is 9.05. The van der Waals surface area contributed by atoms with E-state index in [0.717, 1.165) is 49.7 Å². The van der Waals surface area contributed by atoms with Crippen molar-refractivity contribution in [2.75, 3.05) is 26.3 Å². The summed E-state index contributed by atoms with van der Waals surface area (Å²) >= 11 is 0. The minimum absolute atomic E-state index is 0.0840. The Morgan fingerprint density at radius 1 is 1.07 bits per heavy atom. The lowest BCUT2D eigenvalue weighted by Gasteiger charge is -2.27. The molecule has 0 radical (unpaired) electrons. The molecule has 1 fully saturated rings. The molecule has 148 valence electrons. The zero-order chi connectivity index (χ0) is 19.5. The second-order valence-corrected chi connectivity index (χ2v) is 7.68. The maximum Gasteiger partial charge on any atom is 0.255 e. The highest BCUT2D eigenvalue weighted by Gasteiger charge is 2.31. The smallest absolute Gasteiger partial charge is 0.255 e. The highest BCUT2D eigenvalue weighted by molar-refractivity contribution is 5.97. The summed E-state index contributed by atoms with van der Waals surface area (Å²) in [4.78, 5) is 15.3. The van der Waals surface area contributed by atoms with Crippen molar-refractivity contribution >= 4 is 5.91 Å². The molecule has 2 aliphatic rings. The third-order valence-corrected chi connectivity index (χ3v) is 5.84. The van der Waals surface area contributed by atoms with Crippen molar-refractivity contribution in [3.63, 3.8) is 0 Å². The number of carbonyl (C=O) groups excluding carboxylic acids is 1. The molecule has 5 heteroatoms. The molecule has 2 aromatic rings. The van der Waals surface area contributed by atoms with Gasteiger partial charge in [0.2, 0.25) is 0 Å². The van der Waals surface area contributed by atoms with Crippen LogP contribution in [0.25, 0.3) is 0 Å². The number of nitrogens with zero attached hydrogens (tertiary/aromatic N) is 1. The van der Waals surface area contributed by atoms with Crippen LogP contribution < -0.4 is 10.1 Å². The lowest BCUT2D eigenvalue weighted by atomic mass is 9.97. The van der Waals surface area contributed by atoms with Gasteiger partial charge in [0, 0.05) is 37.7 Å². The summed E-state index contributed by atoms with van der Waals surface area (Å²) in [5, 5.41) is 3.09. The maximum atomic E-state index is 12.9. The zero-order valence-corrected chi connectivity index (χ0v) is 16.6. The highest BCUT2D eigenvalue weighted by atomic mass is 16.5. The molecule has 0 saturated carbocycles. The number of morpholine rings is 1. The third-order valence-electron chi connectivity index (χ3n) is 5.84. The summed E-state index contributed by atoms with van der Waals surface area (Å²) in [5.74, 6) is 0.956. The van der Waals surface area contributed by atoms with Crippen LogP contribution in [0.4, 0.5) is 0 Å². The molecule has 0 aromatic heterocycles. The van der Waals surface area contributed by atoms with Gasteiger partial charge in [-0.1, -0.05) is 43.3 Å². The van der Waals surface area contributed by atoms with E-state index in [0.29, 0.717) is 18.0 Å². The largest absolute Gasteiger partial charge is 0.489 e. The summed E-state index contributed by atoms with van der Waals surface area (Å²) < 4.78 is 11.4. The first kappa shape index (κ1) is 19.0. The fourth-order valence-electron chi connectivity index (χ4n) is 3.92. The number of rotatable bonds is 5. The molecule has 0 aliphatic carbocycles. The number of benzene rings is 2. The molecule has 0 unspecified atom stereocenters. The van der Waals surface area contributed by atoms with E-state index in [1.165, 1.54) is 5.56 Å². The van der Waals surface area contributed by atoms with Crippen molar-refractivity contribution < 1.29 is 14.3 Å². The van der Waals surface area contributed by atoms with E-state index in [9.17, 15) is 4.79 Å². The summed E-state index contributed by atoms with van der Waals surface area (Å²) in [6, 6.07) is 14.2. The van der Waals surface area contributed by atoms with Crippen LogP contribution in [0.1, 0.15) is 46.8 Å². The molecule has 0 spiro atoms. The molecule has 28 heavy (non-hydrogen) atoms. The fraction of sp³-hybridized carbons (Fsp3) is 0.435. The van der Waals surface area contributed by atoms with Gasteiger partial charge in [-0.3, -0.25) is 9.69 Å².